The lowest BCUT2D eigenvalue weighted by Crippen LogP contribution is -2.48. The van der Waals surface area contributed by atoms with E-state index < -0.39 is 5.60 Å². The van der Waals surface area contributed by atoms with Crippen LogP contribution in [0.4, 0.5) is 0 Å². The Morgan fingerprint density at radius 2 is 2.04 bits per heavy atom. The molecule has 0 amide bonds. The van der Waals surface area contributed by atoms with E-state index in [2.05, 4.69) is 22.9 Å². The van der Waals surface area contributed by atoms with E-state index in [0.29, 0.717) is 24.0 Å². The Balaban J connectivity index is 1.73. The first-order valence-electron chi connectivity index (χ1n) is 8.94. The molecule has 0 aromatic rings. The van der Waals surface area contributed by atoms with Crippen molar-refractivity contribution in [1.82, 2.24) is 0 Å². The summed E-state index contributed by atoms with van der Waals surface area (Å²) in [5.74, 6) is 1.50. The van der Waals surface area contributed by atoms with Crippen molar-refractivity contribution in [2.45, 2.75) is 63.9 Å². The van der Waals surface area contributed by atoms with Crippen molar-refractivity contribution in [3.8, 4) is 0 Å². The van der Waals surface area contributed by atoms with Crippen LogP contribution in [0.3, 0.4) is 0 Å². The number of fused-ring (bicyclic) bond motifs is 4. The molecule has 4 aliphatic rings. The maximum absolute atomic E-state index is 11.7. The lowest BCUT2D eigenvalue weighted by Gasteiger charge is -2.51. The standard InChI is InChI=1S/C20H25BrO2/c1-19-8-6-16-15-5-3-14(22)12-13(15)2-4-17(16)18(19)7-9-20(19,23)10-11-21/h10-12,17-18,23H,2-9H2,1H3/b11-10-/t17-,18+,19+,20-/m1/s1. The molecule has 124 valence electrons. The second-order valence-corrected chi connectivity index (χ2v) is 8.59. The Morgan fingerprint density at radius 1 is 1.22 bits per heavy atom. The first-order chi connectivity index (χ1) is 11.0. The zero-order chi connectivity index (χ0) is 16.2. The van der Waals surface area contributed by atoms with Crippen molar-refractivity contribution in [3.63, 3.8) is 0 Å². The van der Waals surface area contributed by atoms with Crippen LogP contribution in [0.2, 0.25) is 0 Å². The van der Waals surface area contributed by atoms with Gasteiger partial charge >= 0.3 is 0 Å². The van der Waals surface area contributed by atoms with Crippen LogP contribution < -0.4 is 0 Å². The van der Waals surface area contributed by atoms with Gasteiger partial charge in [0.15, 0.2) is 5.78 Å². The molecule has 0 radical (unpaired) electrons. The predicted molar refractivity (Wildman–Crippen MR) is 95.2 cm³/mol. The van der Waals surface area contributed by atoms with Crippen LogP contribution in [0.15, 0.2) is 33.9 Å². The molecule has 0 saturated heterocycles. The molecule has 0 aliphatic heterocycles. The Morgan fingerprint density at radius 3 is 2.83 bits per heavy atom. The van der Waals surface area contributed by atoms with Gasteiger partial charge in [0, 0.05) is 11.8 Å². The van der Waals surface area contributed by atoms with Gasteiger partial charge in [-0.2, -0.15) is 0 Å². The topological polar surface area (TPSA) is 37.3 Å². The van der Waals surface area contributed by atoms with Gasteiger partial charge in [-0.15, -0.1) is 0 Å². The second-order valence-electron chi connectivity index (χ2n) is 8.06. The lowest BCUT2D eigenvalue weighted by atomic mass is 9.55. The molecule has 0 spiro atoms. The van der Waals surface area contributed by atoms with Crippen molar-refractivity contribution in [2.24, 2.45) is 17.3 Å². The van der Waals surface area contributed by atoms with Crippen molar-refractivity contribution in [3.05, 3.63) is 33.9 Å². The largest absolute Gasteiger partial charge is 0.385 e. The first kappa shape index (κ1) is 15.8. The smallest absolute Gasteiger partial charge is 0.156 e. The van der Waals surface area contributed by atoms with Crippen molar-refractivity contribution in [2.75, 3.05) is 0 Å². The third-order valence-corrected chi connectivity index (χ3v) is 7.55. The van der Waals surface area contributed by atoms with Crippen molar-refractivity contribution < 1.29 is 9.90 Å². The third-order valence-electron chi connectivity index (χ3n) is 7.29. The normalized spacial score (nSPS) is 43.3. The number of hydrogen-bond acceptors (Lipinski definition) is 2. The Hall–Kier alpha value is -0.670. The average Bonchev–Trinajstić information content (AvgIpc) is 2.79. The van der Waals surface area contributed by atoms with Crippen molar-refractivity contribution in [1.29, 1.82) is 0 Å². The number of halogens is 1. The molecule has 0 aromatic carbocycles. The minimum absolute atomic E-state index is 0.0162. The molecule has 2 nitrogen and oxygen atoms in total. The van der Waals surface area contributed by atoms with E-state index >= 15 is 0 Å². The molecule has 23 heavy (non-hydrogen) atoms. The van der Waals surface area contributed by atoms with Gasteiger partial charge in [0.25, 0.3) is 0 Å². The maximum Gasteiger partial charge on any atom is 0.156 e. The number of allylic oxidation sites excluding steroid dienone is 4. The molecule has 2 fully saturated rings. The number of ketones is 1. The van der Waals surface area contributed by atoms with Crippen LogP contribution >= 0.6 is 15.9 Å². The number of aliphatic hydroxyl groups is 1. The highest BCUT2D eigenvalue weighted by Crippen LogP contribution is 2.63. The summed E-state index contributed by atoms with van der Waals surface area (Å²) >= 11 is 3.37. The highest BCUT2D eigenvalue weighted by molar-refractivity contribution is 9.11. The summed E-state index contributed by atoms with van der Waals surface area (Å²) in [6.45, 7) is 2.30. The van der Waals surface area contributed by atoms with Crippen LogP contribution in [0.25, 0.3) is 0 Å². The summed E-state index contributed by atoms with van der Waals surface area (Å²) < 4.78 is 0. The van der Waals surface area contributed by atoms with Gasteiger partial charge in [-0.3, -0.25) is 4.79 Å². The molecule has 0 unspecified atom stereocenters. The van der Waals surface area contributed by atoms with Crippen LogP contribution in [-0.2, 0) is 4.79 Å². The van der Waals surface area contributed by atoms with E-state index in [1.54, 1.807) is 5.57 Å². The molecule has 0 heterocycles. The molecule has 4 aliphatic carbocycles. The fourth-order valence-corrected chi connectivity index (χ4v) is 6.40. The summed E-state index contributed by atoms with van der Waals surface area (Å²) in [6.07, 6.45) is 11.9. The molecule has 1 N–H and O–H groups in total. The molecule has 0 aromatic heterocycles. The van der Waals surface area contributed by atoms with Gasteiger partial charge in [0.05, 0.1) is 5.60 Å². The van der Waals surface area contributed by atoms with Crippen LogP contribution in [0.5, 0.6) is 0 Å². The summed E-state index contributed by atoms with van der Waals surface area (Å²) in [4.78, 5) is 13.6. The Kier molecular flexibility index (Phi) is 3.73. The average molecular weight is 377 g/mol. The van der Waals surface area contributed by atoms with E-state index in [0.717, 1.165) is 44.9 Å². The molecule has 0 bridgehead atoms. The van der Waals surface area contributed by atoms with E-state index in [1.807, 2.05) is 17.1 Å². The maximum atomic E-state index is 11.7. The summed E-state index contributed by atoms with van der Waals surface area (Å²) in [5, 5.41) is 11.2. The molecular formula is C20H25BrO2. The molecule has 3 heteroatoms. The fourth-order valence-electron chi connectivity index (χ4n) is 5.96. The van der Waals surface area contributed by atoms with Crippen LogP contribution in [0, 0.1) is 17.3 Å². The van der Waals surface area contributed by atoms with E-state index in [9.17, 15) is 9.90 Å². The fraction of sp³-hybridized carbons (Fsp3) is 0.650. The molecule has 2 saturated carbocycles. The van der Waals surface area contributed by atoms with Crippen LogP contribution in [0.1, 0.15) is 58.3 Å². The number of rotatable bonds is 1. The second kappa shape index (κ2) is 5.42. The highest BCUT2D eigenvalue weighted by Gasteiger charge is 2.59. The summed E-state index contributed by atoms with van der Waals surface area (Å²) in [5.41, 5.74) is 3.77. The highest BCUT2D eigenvalue weighted by atomic mass is 79.9. The quantitative estimate of drug-likeness (QED) is 0.711. The Labute approximate surface area is 146 Å². The number of carbonyl (C=O) groups excluding carboxylic acids is 1. The summed E-state index contributed by atoms with van der Waals surface area (Å²) in [6, 6.07) is 0. The van der Waals surface area contributed by atoms with Gasteiger partial charge in [0.1, 0.15) is 0 Å². The minimum Gasteiger partial charge on any atom is -0.385 e. The van der Waals surface area contributed by atoms with Crippen LogP contribution in [-0.4, -0.2) is 16.5 Å². The van der Waals surface area contributed by atoms with Gasteiger partial charge in [-0.1, -0.05) is 28.4 Å². The zero-order valence-corrected chi connectivity index (χ0v) is 15.4. The molecular weight excluding hydrogens is 352 g/mol. The van der Waals surface area contributed by atoms with Crippen molar-refractivity contribution >= 4 is 21.7 Å². The van der Waals surface area contributed by atoms with Gasteiger partial charge in [0.2, 0.25) is 0 Å². The third kappa shape index (κ3) is 2.19. The van der Waals surface area contributed by atoms with E-state index in [4.69, 9.17) is 0 Å². The lowest BCUT2D eigenvalue weighted by molar-refractivity contribution is -0.114. The predicted octanol–water partition coefficient (Wildman–Crippen LogP) is 4.83. The molecule has 4 rings (SSSR count). The zero-order valence-electron chi connectivity index (χ0n) is 13.8. The molecule has 4 atom stereocenters. The SMILES string of the molecule is C[C@]12CCC3=C4CCC(=O)C=C4CC[C@H]3[C@@H]1CC[C@@]2(O)/C=C\Br. The monoisotopic (exact) mass is 376 g/mol. The number of carbonyl (C=O) groups is 1. The summed E-state index contributed by atoms with van der Waals surface area (Å²) in [7, 11) is 0. The van der Waals surface area contributed by atoms with E-state index in [1.165, 1.54) is 11.1 Å². The number of hydrogen-bond donors (Lipinski definition) is 1. The van der Waals surface area contributed by atoms with Gasteiger partial charge < -0.3 is 5.11 Å². The Bertz CT molecular complexity index is 644. The van der Waals surface area contributed by atoms with Gasteiger partial charge in [-0.05, 0) is 85.1 Å². The first-order valence-corrected chi connectivity index (χ1v) is 9.86. The van der Waals surface area contributed by atoms with E-state index in [-0.39, 0.29) is 5.41 Å². The minimum atomic E-state index is -0.671. The van der Waals surface area contributed by atoms with Gasteiger partial charge in [-0.25, -0.2) is 0 Å².